The van der Waals surface area contributed by atoms with Gasteiger partial charge in [0.05, 0.1) is 23.6 Å². The molecule has 0 bridgehead atoms. The molecule has 1 aromatic rings. The number of fused-ring (bicyclic) bond motifs is 1. The third kappa shape index (κ3) is 2.58. The van der Waals surface area contributed by atoms with Crippen LogP contribution in [0.15, 0.2) is 29.2 Å². The lowest BCUT2D eigenvalue weighted by Gasteiger charge is -2.28. The quantitative estimate of drug-likeness (QED) is 0.853. The van der Waals surface area contributed by atoms with E-state index < -0.39 is 15.6 Å². The highest BCUT2D eigenvalue weighted by Gasteiger charge is 2.46. The van der Waals surface area contributed by atoms with E-state index in [1.54, 1.807) is 12.1 Å². The van der Waals surface area contributed by atoms with E-state index in [1.807, 2.05) is 12.1 Å². The van der Waals surface area contributed by atoms with E-state index in [4.69, 9.17) is 15.9 Å². The molecular formula is C15H17NO4S. The molecule has 3 rings (SSSR count). The summed E-state index contributed by atoms with van der Waals surface area (Å²) >= 11 is 0. The Kier molecular flexibility index (Phi) is 3.76. The molecule has 2 aliphatic rings. The predicted molar refractivity (Wildman–Crippen MR) is 76.8 cm³/mol. The first kappa shape index (κ1) is 14.5. The Morgan fingerprint density at radius 1 is 1.33 bits per heavy atom. The van der Waals surface area contributed by atoms with Crippen LogP contribution in [0.5, 0.6) is 0 Å². The molecule has 6 heteroatoms. The van der Waals surface area contributed by atoms with E-state index in [0.29, 0.717) is 37.4 Å². The molecule has 2 heterocycles. The van der Waals surface area contributed by atoms with Gasteiger partial charge in [0.15, 0.2) is 6.29 Å². The van der Waals surface area contributed by atoms with E-state index in [2.05, 4.69) is 10.6 Å². The van der Waals surface area contributed by atoms with Crippen LogP contribution in [0, 0.1) is 12.3 Å². The molecule has 0 spiro atoms. The van der Waals surface area contributed by atoms with Crippen LogP contribution in [0.3, 0.4) is 0 Å². The minimum absolute atomic E-state index is 0.281. The van der Waals surface area contributed by atoms with Crippen molar-refractivity contribution in [2.75, 3.05) is 13.2 Å². The van der Waals surface area contributed by atoms with Gasteiger partial charge in [-0.15, -0.1) is 12.3 Å². The summed E-state index contributed by atoms with van der Waals surface area (Å²) in [5, 5.41) is 0. The Morgan fingerprint density at radius 2 is 2.05 bits per heavy atom. The van der Waals surface area contributed by atoms with Crippen LogP contribution in [0.2, 0.25) is 0 Å². The van der Waals surface area contributed by atoms with Crippen molar-refractivity contribution < 1.29 is 17.9 Å². The minimum atomic E-state index is -3.51. The smallest absolute Gasteiger partial charge is 0.241 e. The number of terminal acetylenes is 1. The summed E-state index contributed by atoms with van der Waals surface area (Å²) in [6.45, 7) is 1.16. The van der Waals surface area contributed by atoms with Gasteiger partial charge in [-0.25, -0.2) is 8.42 Å². The van der Waals surface area contributed by atoms with Crippen molar-refractivity contribution in [3.63, 3.8) is 0 Å². The lowest BCUT2D eigenvalue weighted by atomic mass is 9.83. The molecule has 112 valence electrons. The Balaban J connectivity index is 1.93. The van der Waals surface area contributed by atoms with Crippen LogP contribution in [-0.4, -0.2) is 27.9 Å². The fourth-order valence-electron chi connectivity index (χ4n) is 2.98. The van der Waals surface area contributed by atoms with Gasteiger partial charge in [0.25, 0.3) is 0 Å². The highest BCUT2D eigenvalue weighted by atomic mass is 32.2. The molecule has 1 saturated heterocycles. The van der Waals surface area contributed by atoms with Gasteiger partial charge in [-0.1, -0.05) is 18.2 Å². The molecule has 1 unspecified atom stereocenters. The third-order valence-corrected chi connectivity index (χ3v) is 5.52. The van der Waals surface area contributed by atoms with Crippen molar-refractivity contribution in [1.82, 2.24) is 4.72 Å². The van der Waals surface area contributed by atoms with Gasteiger partial charge in [0, 0.05) is 12.8 Å². The zero-order valence-electron chi connectivity index (χ0n) is 11.5. The largest absolute Gasteiger partial charge is 0.350 e. The van der Waals surface area contributed by atoms with Crippen LogP contribution in [-0.2, 0) is 25.0 Å². The van der Waals surface area contributed by atoms with Crippen molar-refractivity contribution >= 4 is 10.0 Å². The molecule has 2 aliphatic heterocycles. The number of ether oxygens (including phenoxy) is 2. The average Bonchev–Trinajstić information content (AvgIpc) is 3.04. The maximum atomic E-state index is 12.3. The zero-order chi connectivity index (χ0) is 14.9. The van der Waals surface area contributed by atoms with Crippen LogP contribution in [0.25, 0.3) is 0 Å². The highest BCUT2D eigenvalue weighted by Crippen LogP contribution is 2.41. The first-order valence-electron chi connectivity index (χ1n) is 6.88. The van der Waals surface area contributed by atoms with Crippen molar-refractivity contribution in [3.8, 4) is 12.3 Å². The number of hydrogen-bond donors (Lipinski definition) is 1. The predicted octanol–water partition coefficient (Wildman–Crippen LogP) is 1.35. The second-order valence-corrected chi connectivity index (χ2v) is 6.93. The standard InChI is InChI=1S/C15H17NO4S/c1-2-8-15(9-7-14-19-10-11-20-14)12-5-3-4-6-13(12)21(17,18)16-15/h1,3-6,14,16H,7-11H2. The van der Waals surface area contributed by atoms with Crippen LogP contribution < -0.4 is 4.72 Å². The number of hydrogen-bond acceptors (Lipinski definition) is 4. The molecule has 1 atom stereocenters. The van der Waals surface area contributed by atoms with Gasteiger partial charge >= 0.3 is 0 Å². The molecule has 0 aliphatic carbocycles. The van der Waals surface area contributed by atoms with Gasteiger partial charge in [-0.05, 0) is 18.1 Å². The zero-order valence-corrected chi connectivity index (χ0v) is 12.4. The van der Waals surface area contributed by atoms with Crippen molar-refractivity contribution in [2.45, 2.75) is 36.0 Å². The van der Waals surface area contributed by atoms with Gasteiger partial charge in [0.2, 0.25) is 10.0 Å². The van der Waals surface area contributed by atoms with Crippen molar-refractivity contribution in [1.29, 1.82) is 0 Å². The molecule has 21 heavy (non-hydrogen) atoms. The number of rotatable bonds is 4. The van der Waals surface area contributed by atoms with Crippen molar-refractivity contribution in [2.24, 2.45) is 0 Å². The highest BCUT2D eigenvalue weighted by molar-refractivity contribution is 7.89. The first-order chi connectivity index (χ1) is 10.1. The molecule has 0 saturated carbocycles. The van der Waals surface area contributed by atoms with Gasteiger partial charge in [-0.2, -0.15) is 4.72 Å². The average molecular weight is 307 g/mol. The summed E-state index contributed by atoms with van der Waals surface area (Å²) in [7, 11) is -3.51. The van der Waals surface area contributed by atoms with Gasteiger partial charge < -0.3 is 9.47 Å². The van der Waals surface area contributed by atoms with Gasteiger partial charge in [0.1, 0.15) is 0 Å². The summed E-state index contributed by atoms with van der Waals surface area (Å²) in [6, 6.07) is 6.97. The van der Waals surface area contributed by atoms with E-state index in [1.165, 1.54) is 0 Å². The number of nitrogens with one attached hydrogen (secondary N) is 1. The molecule has 1 fully saturated rings. The Labute approximate surface area is 124 Å². The molecule has 0 radical (unpaired) electrons. The normalized spacial score (nSPS) is 27.4. The van der Waals surface area contributed by atoms with Crippen molar-refractivity contribution in [3.05, 3.63) is 29.8 Å². The minimum Gasteiger partial charge on any atom is -0.350 e. The Bertz CT molecular complexity index is 673. The molecule has 1 N–H and O–H groups in total. The fourth-order valence-corrected chi connectivity index (χ4v) is 4.70. The SMILES string of the molecule is C#CCC1(CCC2OCCO2)NS(=O)(=O)c2ccccc21. The topological polar surface area (TPSA) is 64.6 Å². The van der Waals surface area contributed by atoms with Crippen LogP contribution in [0.1, 0.15) is 24.8 Å². The lowest BCUT2D eigenvalue weighted by molar-refractivity contribution is -0.0516. The summed E-state index contributed by atoms with van der Waals surface area (Å²) < 4.78 is 38.2. The summed E-state index contributed by atoms with van der Waals surface area (Å²) in [4.78, 5) is 0.313. The Hall–Kier alpha value is -1.39. The first-order valence-corrected chi connectivity index (χ1v) is 8.36. The third-order valence-electron chi connectivity index (χ3n) is 3.92. The summed E-state index contributed by atoms with van der Waals surface area (Å²) in [5.74, 6) is 2.60. The molecule has 5 nitrogen and oxygen atoms in total. The van der Waals surface area contributed by atoms with Crippen LogP contribution in [0.4, 0.5) is 0 Å². The fraction of sp³-hybridized carbons (Fsp3) is 0.467. The van der Waals surface area contributed by atoms with Gasteiger partial charge in [-0.3, -0.25) is 0 Å². The Morgan fingerprint density at radius 3 is 2.76 bits per heavy atom. The van der Waals surface area contributed by atoms with E-state index >= 15 is 0 Å². The van der Waals surface area contributed by atoms with E-state index in [0.717, 1.165) is 5.56 Å². The number of benzene rings is 1. The molecule has 0 amide bonds. The summed E-state index contributed by atoms with van der Waals surface area (Å²) in [6.07, 6.45) is 6.63. The lowest BCUT2D eigenvalue weighted by Crippen LogP contribution is -2.40. The monoisotopic (exact) mass is 307 g/mol. The summed E-state index contributed by atoms with van der Waals surface area (Å²) in [5.41, 5.74) is -0.0274. The molecule has 0 aromatic heterocycles. The maximum Gasteiger partial charge on any atom is 0.241 e. The second-order valence-electron chi connectivity index (χ2n) is 5.27. The second kappa shape index (κ2) is 5.43. The molecule has 1 aromatic carbocycles. The number of sulfonamides is 1. The maximum absolute atomic E-state index is 12.3. The van der Waals surface area contributed by atoms with E-state index in [-0.39, 0.29) is 6.29 Å². The van der Waals surface area contributed by atoms with Crippen LogP contribution >= 0.6 is 0 Å². The van der Waals surface area contributed by atoms with E-state index in [9.17, 15) is 8.42 Å². The molecular weight excluding hydrogens is 290 g/mol.